The third-order valence-electron chi connectivity index (χ3n) is 1.66. The Labute approximate surface area is 109 Å². The molecule has 0 saturated carbocycles. The van der Waals surface area contributed by atoms with Crippen molar-refractivity contribution in [2.24, 2.45) is 10.4 Å². The van der Waals surface area contributed by atoms with E-state index in [-0.39, 0.29) is 41.5 Å². The van der Waals surface area contributed by atoms with Gasteiger partial charge in [-0.15, -0.1) is 5.11 Å². The predicted octanol–water partition coefficient (Wildman–Crippen LogP) is -3.24. The molecule has 0 aromatic heterocycles. The van der Waals surface area contributed by atoms with Crippen molar-refractivity contribution in [3.63, 3.8) is 0 Å². The maximum absolute atomic E-state index is 10.8. The van der Waals surface area contributed by atoms with Crippen molar-refractivity contribution in [1.29, 1.82) is 0 Å². The van der Waals surface area contributed by atoms with Crippen LogP contribution in [-0.4, -0.2) is 28.5 Å². The molecule has 0 saturated heterocycles. The summed E-state index contributed by atoms with van der Waals surface area (Å²) in [5.41, 5.74) is 0. The van der Waals surface area contributed by atoms with Gasteiger partial charge in [0.05, 0.1) is 0 Å². The third kappa shape index (κ3) is 3.67. The fourth-order valence-corrected chi connectivity index (χ4v) is 1.66. The molecule has 0 radical (unpaired) electrons. The van der Waals surface area contributed by atoms with Crippen LogP contribution >= 0.6 is 0 Å². The molecule has 0 aliphatic heterocycles. The summed E-state index contributed by atoms with van der Waals surface area (Å²) in [5, 5.41) is 13.5. The normalized spacial score (nSPS) is 24.6. The molecule has 0 heterocycles. The molecule has 15 heavy (non-hydrogen) atoms. The van der Waals surface area contributed by atoms with Crippen LogP contribution < -0.4 is 29.6 Å². The van der Waals surface area contributed by atoms with Crippen molar-refractivity contribution in [3.8, 4) is 0 Å². The molecule has 0 bridgehead atoms. The number of hydrogen-bond acceptors (Lipinski definition) is 5. The Hall–Kier alpha value is -0.250. The van der Waals surface area contributed by atoms with E-state index in [0.29, 0.717) is 0 Å². The Balaban J connectivity index is 0. The largest absolute Gasteiger partial charge is 1.00 e. The van der Waals surface area contributed by atoms with E-state index >= 15 is 0 Å². The molecule has 9 heteroatoms. The van der Waals surface area contributed by atoms with Crippen LogP contribution in [0.25, 0.3) is 0 Å². The van der Waals surface area contributed by atoms with Crippen LogP contribution in [0.15, 0.2) is 34.7 Å². The van der Waals surface area contributed by atoms with E-state index in [1.807, 2.05) is 0 Å². The van der Waals surface area contributed by atoms with Gasteiger partial charge in [0, 0.05) is 11.7 Å². The first-order valence-corrected chi connectivity index (χ1v) is 4.79. The number of allylic oxidation sites excluding steroid dienone is 2. The van der Waals surface area contributed by atoms with Gasteiger partial charge in [-0.05, 0) is 6.08 Å². The summed E-state index contributed by atoms with van der Waals surface area (Å²) in [7, 11) is -4.66. The summed E-state index contributed by atoms with van der Waals surface area (Å²) in [4.78, 5) is -1.98. The van der Waals surface area contributed by atoms with E-state index in [1.165, 1.54) is 12.2 Å². The topological polar surface area (TPSA) is 134 Å². The Bertz CT molecular complexity index is 377. The smallest absolute Gasteiger partial charge is 0.746 e. The van der Waals surface area contributed by atoms with Gasteiger partial charge in [0.2, 0.25) is 0 Å². The summed E-state index contributed by atoms with van der Waals surface area (Å²) in [6, 6.07) is 0. The maximum Gasteiger partial charge on any atom is 1.00 e. The molecule has 1 rings (SSSR count). The first-order chi connectivity index (χ1) is 6.02. The molecular formula is C6H9N2NaO5S. The molecule has 7 nitrogen and oxygen atoms in total. The molecule has 0 fully saturated rings. The zero-order valence-electron chi connectivity index (χ0n) is 7.99. The molecular weight excluding hydrogens is 235 g/mol. The van der Waals surface area contributed by atoms with Crippen LogP contribution in [0.1, 0.15) is 6.42 Å². The summed E-state index contributed by atoms with van der Waals surface area (Å²) in [5.74, 6) is 0. The Kier molecular flexibility index (Phi) is 7.27. The van der Waals surface area contributed by atoms with E-state index in [4.69, 9.17) is 5.21 Å². The Morgan fingerprint density at radius 2 is 2.00 bits per heavy atom. The molecule has 1 aliphatic carbocycles. The first kappa shape index (κ1) is 17.2. The molecule has 3 N–H and O–H groups in total. The Morgan fingerprint density at radius 3 is 2.33 bits per heavy atom. The minimum Gasteiger partial charge on any atom is -0.746 e. The van der Waals surface area contributed by atoms with Gasteiger partial charge >= 0.3 is 29.6 Å². The molecule has 80 valence electrons. The van der Waals surface area contributed by atoms with Crippen molar-refractivity contribution < 1.29 is 53.2 Å². The van der Waals surface area contributed by atoms with Gasteiger partial charge in [-0.1, -0.05) is 18.2 Å². The number of nitrogens with zero attached hydrogens (tertiary/aromatic N) is 2. The van der Waals surface area contributed by atoms with Gasteiger partial charge in [-0.2, -0.15) is 0 Å². The fraction of sp³-hybridized carbons (Fsp3) is 0.333. The molecule has 1 atom stereocenters. The van der Waals surface area contributed by atoms with Crippen LogP contribution in [0, 0.1) is 0 Å². The summed E-state index contributed by atoms with van der Waals surface area (Å²) >= 11 is 0. The van der Waals surface area contributed by atoms with Crippen molar-refractivity contribution in [2.45, 2.75) is 11.3 Å². The summed E-state index contributed by atoms with van der Waals surface area (Å²) < 4.78 is 32.4. The second-order valence-corrected chi connectivity index (χ2v) is 4.09. The van der Waals surface area contributed by atoms with Crippen molar-refractivity contribution in [1.82, 2.24) is 0 Å². The minimum absolute atomic E-state index is 0. The second-order valence-electron chi connectivity index (χ2n) is 2.48. The van der Waals surface area contributed by atoms with Gasteiger partial charge in [-0.25, -0.2) is 8.42 Å². The standard InChI is InChI=1S/C6H8N2O4S.Na.H2O/c9-8-7-6(13(10,11)12)4-2-1-3-5-6;;/h1-4H,5H2,(H,7,9)(H,10,11,12);;1H2/q;+1;/p-1. The van der Waals surface area contributed by atoms with Gasteiger partial charge in [-0.3, -0.25) is 0 Å². The quantitative estimate of drug-likeness (QED) is 0.236. The zero-order valence-corrected chi connectivity index (χ0v) is 10.8. The van der Waals surface area contributed by atoms with E-state index in [9.17, 15) is 13.0 Å². The van der Waals surface area contributed by atoms with Gasteiger partial charge in [0.1, 0.15) is 10.1 Å². The molecule has 1 unspecified atom stereocenters. The maximum atomic E-state index is 10.8. The van der Waals surface area contributed by atoms with E-state index < -0.39 is 15.0 Å². The number of rotatable bonds is 2. The third-order valence-corrected chi connectivity index (χ3v) is 2.91. The van der Waals surface area contributed by atoms with Gasteiger partial charge in [0.25, 0.3) is 0 Å². The minimum atomic E-state index is -4.66. The SMILES string of the molecule is O.O=S(=O)([O-])C1(N=NO)C=CC=CC1.[Na+]. The Morgan fingerprint density at radius 1 is 1.40 bits per heavy atom. The molecule has 0 aromatic rings. The van der Waals surface area contributed by atoms with Crippen LogP contribution in [0.4, 0.5) is 0 Å². The molecule has 0 aromatic carbocycles. The monoisotopic (exact) mass is 244 g/mol. The predicted molar refractivity (Wildman–Crippen MR) is 45.6 cm³/mol. The molecule has 0 spiro atoms. The van der Waals surface area contributed by atoms with Crippen molar-refractivity contribution in [3.05, 3.63) is 24.3 Å². The van der Waals surface area contributed by atoms with E-state index in [1.54, 1.807) is 6.08 Å². The first-order valence-electron chi connectivity index (χ1n) is 3.38. The van der Waals surface area contributed by atoms with Gasteiger partial charge in [0.15, 0.2) is 4.87 Å². The van der Waals surface area contributed by atoms with Crippen LogP contribution in [0.3, 0.4) is 0 Å². The summed E-state index contributed by atoms with van der Waals surface area (Å²) in [6.45, 7) is 0. The van der Waals surface area contributed by atoms with Crippen LogP contribution in [0.5, 0.6) is 0 Å². The van der Waals surface area contributed by atoms with Crippen molar-refractivity contribution in [2.75, 3.05) is 0 Å². The van der Waals surface area contributed by atoms with Gasteiger partial charge < -0.3 is 15.2 Å². The molecule has 1 aliphatic rings. The van der Waals surface area contributed by atoms with Crippen LogP contribution in [0.2, 0.25) is 0 Å². The average Bonchev–Trinajstić information content (AvgIpc) is 2.04. The fourth-order valence-electron chi connectivity index (χ4n) is 0.975. The second kappa shape index (κ2) is 6.36. The number of hydrogen-bond donors (Lipinski definition) is 1. The van der Waals surface area contributed by atoms with E-state index in [0.717, 1.165) is 6.08 Å². The van der Waals surface area contributed by atoms with Crippen molar-refractivity contribution >= 4 is 10.1 Å². The van der Waals surface area contributed by atoms with E-state index in [2.05, 4.69) is 10.4 Å². The zero-order chi connectivity index (χ0) is 9.95. The average molecular weight is 244 g/mol. The molecule has 0 amide bonds. The summed E-state index contributed by atoms with van der Waals surface area (Å²) in [6.07, 6.45) is 5.39. The van der Waals surface area contributed by atoms with Crippen LogP contribution in [-0.2, 0) is 10.1 Å².